The van der Waals surface area contributed by atoms with Gasteiger partial charge in [0.15, 0.2) is 0 Å². The first kappa shape index (κ1) is 31.6. The van der Waals surface area contributed by atoms with E-state index in [4.69, 9.17) is 4.42 Å². The highest BCUT2D eigenvalue weighted by molar-refractivity contribution is 6.22. The van der Waals surface area contributed by atoms with E-state index in [9.17, 15) is 0 Å². The molecular formula is C52H35NO. The maximum Gasteiger partial charge on any atom is 0.136 e. The molecule has 10 aromatic rings. The fourth-order valence-corrected chi connectivity index (χ4v) is 7.87. The average molecular weight is 690 g/mol. The van der Waals surface area contributed by atoms with Gasteiger partial charge in [-0.2, -0.15) is 0 Å². The third-order valence-corrected chi connectivity index (χ3v) is 10.5. The van der Waals surface area contributed by atoms with Crippen molar-refractivity contribution in [3.05, 3.63) is 212 Å². The number of para-hydroxylation sites is 1. The molecule has 0 unspecified atom stereocenters. The lowest BCUT2D eigenvalue weighted by Gasteiger charge is -2.28. The summed E-state index contributed by atoms with van der Waals surface area (Å²) < 4.78 is 6.54. The Bertz CT molecular complexity index is 2890. The zero-order chi connectivity index (χ0) is 35.8. The summed E-state index contributed by atoms with van der Waals surface area (Å²) in [5, 5.41) is 4.70. The van der Waals surface area contributed by atoms with Crippen LogP contribution in [0.3, 0.4) is 0 Å². The molecule has 0 bridgehead atoms. The van der Waals surface area contributed by atoms with E-state index in [1.165, 1.54) is 44.2 Å². The lowest BCUT2D eigenvalue weighted by atomic mass is 9.94. The monoisotopic (exact) mass is 689 g/mol. The van der Waals surface area contributed by atoms with Gasteiger partial charge < -0.3 is 9.32 Å². The van der Waals surface area contributed by atoms with Gasteiger partial charge in [0.1, 0.15) is 11.2 Å². The van der Waals surface area contributed by atoms with Gasteiger partial charge >= 0.3 is 0 Å². The fraction of sp³-hybridized carbons (Fsp3) is 0. The normalized spacial score (nSPS) is 11.3. The number of nitrogens with zero attached hydrogens (tertiary/aromatic N) is 1. The summed E-state index contributed by atoms with van der Waals surface area (Å²) in [6, 6.07) is 75.7. The lowest BCUT2D eigenvalue weighted by molar-refractivity contribution is 0.669. The van der Waals surface area contributed by atoms with E-state index in [0.29, 0.717) is 0 Å². The van der Waals surface area contributed by atoms with E-state index in [2.05, 4.69) is 217 Å². The van der Waals surface area contributed by atoms with Crippen LogP contribution in [0.4, 0.5) is 17.1 Å². The molecule has 2 nitrogen and oxygen atoms in total. The predicted octanol–water partition coefficient (Wildman–Crippen LogP) is 14.9. The molecule has 54 heavy (non-hydrogen) atoms. The van der Waals surface area contributed by atoms with Gasteiger partial charge in [-0.15, -0.1) is 0 Å². The molecule has 9 aromatic carbocycles. The van der Waals surface area contributed by atoms with Crippen LogP contribution in [0.1, 0.15) is 0 Å². The Kier molecular flexibility index (Phi) is 7.85. The van der Waals surface area contributed by atoms with Crippen LogP contribution in [0.15, 0.2) is 217 Å². The van der Waals surface area contributed by atoms with Gasteiger partial charge in [0, 0.05) is 27.7 Å². The number of furan rings is 1. The highest BCUT2D eigenvalue weighted by Gasteiger charge is 2.19. The molecule has 0 atom stereocenters. The molecule has 10 rings (SSSR count). The molecule has 0 N–H and O–H groups in total. The minimum Gasteiger partial charge on any atom is -0.456 e. The molecule has 2 heteroatoms. The quantitative estimate of drug-likeness (QED) is 0.166. The van der Waals surface area contributed by atoms with Crippen molar-refractivity contribution >= 4 is 49.8 Å². The number of hydrogen-bond donors (Lipinski definition) is 0. The molecule has 254 valence electrons. The van der Waals surface area contributed by atoms with Gasteiger partial charge in [-0.25, -0.2) is 0 Å². The Labute approximate surface area is 314 Å². The van der Waals surface area contributed by atoms with Crippen molar-refractivity contribution < 1.29 is 4.42 Å². The zero-order valence-corrected chi connectivity index (χ0v) is 29.6. The molecule has 1 heterocycles. The van der Waals surface area contributed by atoms with Crippen molar-refractivity contribution in [3.8, 4) is 44.5 Å². The maximum atomic E-state index is 6.54. The largest absolute Gasteiger partial charge is 0.456 e. The summed E-state index contributed by atoms with van der Waals surface area (Å²) in [6.07, 6.45) is 0. The Balaban J connectivity index is 1.07. The van der Waals surface area contributed by atoms with E-state index >= 15 is 0 Å². The number of rotatable bonds is 7. The molecule has 0 amide bonds. The van der Waals surface area contributed by atoms with Crippen molar-refractivity contribution in [3.63, 3.8) is 0 Å². The van der Waals surface area contributed by atoms with E-state index in [0.717, 1.165) is 50.1 Å². The first-order valence-corrected chi connectivity index (χ1v) is 18.4. The first-order valence-electron chi connectivity index (χ1n) is 18.4. The van der Waals surface area contributed by atoms with Crippen molar-refractivity contribution in [2.45, 2.75) is 0 Å². The number of fused-ring (bicyclic) bond motifs is 5. The Morgan fingerprint density at radius 2 is 0.778 bits per heavy atom. The summed E-state index contributed by atoms with van der Waals surface area (Å²) in [6.45, 7) is 0. The van der Waals surface area contributed by atoms with Crippen molar-refractivity contribution in [1.29, 1.82) is 0 Å². The number of hydrogen-bond acceptors (Lipinski definition) is 2. The van der Waals surface area contributed by atoms with Crippen molar-refractivity contribution in [2.75, 3.05) is 4.90 Å². The van der Waals surface area contributed by atoms with Crippen LogP contribution >= 0.6 is 0 Å². The molecule has 1 aromatic heterocycles. The standard InChI is InChI=1S/C52H35NO/c1-4-14-36(15-5-1)37-24-29-42(30-25-37)53(49-23-13-12-20-44(49)39-16-6-2-7-17-39)43-31-26-38(27-32-43)41-28-33-50-48(34-41)52-46-22-11-10-21-45(46)47(35-51(52)54-50)40-18-8-3-9-19-40/h1-35H. The van der Waals surface area contributed by atoms with Crippen molar-refractivity contribution in [1.82, 2.24) is 0 Å². The third kappa shape index (κ3) is 5.62. The van der Waals surface area contributed by atoms with Gasteiger partial charge in [-0.3, -0.25) is 0 Å². The van der Waals surface area contributed by atoms with Crippen LogP contribution in [-0.4, -0.2) is 0 Å². The van der Waals surface area contributed by atoms with E-state index in [1.54, 1.807) is 0 Å². The second kappa shape index (κ2) is 13.4. The Hall–Kier alpha value is -7.16. The van der Waals surface area contributed by atoms with Gasteiger partial charge in [-0.05, 0) is 98.2 Å². The van der Waals surface area contributed by atoms with Crippen molar-refractivity contribution in [2.24, 2.45) is 0 Å². The van der Waals surface area contributed by atoms with Gasteiger partial charge in [0.05, 0.1) is 5.69 Å². The highest BCUT2D eigenvalue weighted by Crippen LogP contribution is 2.43. The summed E-state index contributed by atoms with van der Waals surface area (Å²) in [5.41, 5.74) is 14.5. The van der Waals surface area contributed by atoms with Gasteiger partial charge in [0.2, 0.25) is 0 Å². The summed E-state index contributed by atoms with van der Waals surface area (Å²) in [5.74, 6) is 0. The maximum absolute atomic E-state index is 6.54. The Morgan fingerprint density at radius 1 is 0.296 bits per heavy atom. The lowest BCUT2D eigenvalue weighted by Crippen LogP contribution is -2.11. The molecule has 0 saturated carbocycles. The number of anilines is 3. The van der Waals surface area contributed by atoms with E-state index < -0.39 is 0 Å². The minimum absolute atomic E-state index is 0.892. The van der Waals surface area contributed by atoms with Crippen LogP contribution in [-0.2, 0) is 0 Å². The summed E-state index contributed by atoms with van der Waals surface area (Å²) in [7, 11) is 0. The second-order valence-corrected chi connectivity index (χ2v) is 13.7. The van der Waals surface area contributed by atoms with Gasteiger partial charge in [-0.1, -0.05) is 164 Å². The smallest absolute Gasteiger partial charge is 0.136 e. The second-order valence-electron chi connectivity index (χ2n) is 13.7. The van der Waals surface area contributed by atoms with E-state index in [-0.39, 0.29) is 0 Å². The molecule has 0 saturated heterocycles. The third-order valence-electron chi connectivity index (χ3n) is 10.5. The SMILES string of the molecule is c1ccc(-c2ccc(N(c3ccc(-c4ccc5oc6cc(-c7ccccc7)c7ccccc7c6c5c4)cc3)c3ccccc3-c3ccccc3)cc2)cc1. The van der Waals surface area contributed by atoms with Crippen LogP contribution in [0.2, 0.25) is 0 Å². The predicted molar refractivity (Wildman–Crippen MR) is 228 cm³/mol. The molecule has 0 aliphatic rings. The zero-order valence-electron chi connectivity index (χ0n) is 29.6. The fourth-order valence-electron chi connectivity index (χ4n) is 7.87. The summed E-state index contributed by atoms with van der Waals surface area (Å²) >= 11 is 0. The minimum atomic E-state index is 0.892. The molecule has 0 fully saturated rings. The molecule has 0 radical (unpaired) electrons. The highest BCUT2D eigenvalue weighted by atomic mass is 16.3. The first-order chi connectivity index (χ1) is 26.8. The topological polar surface area (TPSA) is 16.4 Å². The van der Waals surface area contributed by atoms with Gasteiger partial charge in [0.25, 0.3) is 0 Å². The van der Waals surface area contributed by atoms with Crippen LogP contribution in [0, 0.1) is 0 Å². The average Bonchev–Trinajstić information content (AvgIpc) is 3.63. The Morgan fingerprint density at radius 3 is 1.43 bits per heavy atom. The number of benzene rings is 9. The van der Waals surface area contributed by atoms with E-state index in [1.807, 2.05) is 0 Å². The molecular weight excluding hydrogens is 655 g/mol. The van der Waals surface area contributed by atoms with Crippen LogP contribution < -0.4 is 4.90 Å². The molecule has 0 aliphatic heterocycles. The molecule has 0 spiro atoms. The molecule has 0 aliphatic carbocycles. The summed E-state index contributed by atoms with van der Waals surface area (Å²) in [4.78, 5) is 2.37. The van der Waals surface area contributed by atoms with Crippen LogP contribution in [0.5, 0.6) is 0 Å². The van der Waals surface area contributed by atoms with Crippen LogP contribution in [0.25, 0.3) is 77.2 Å².